The lowest BCUT2D eigenvalue weighted by molar-refractivity contribution is -0.120. The van der Waals surface area contributed by atoms with Crippen LogP contribution in [0.25, 0.3) is 11.0 Å². The van der Waals surface area contributed by atoms with Crippen molar-refractivity contribution in [2.75, 3.05) is 0 Å². The van der Waals surface area contributed by atoms with Crippen LogP contribution in [0, 0.1) is 13.8 Å². The van der Waals surface area contributed by atoms with Gasteiger partial charge in [-0.05, 0) is 41.7 Å². The van der Waals surface area contributed by atoms with E-state index in [4.69, 9.17) is 0 Å². The van der Waals surface area contributed by atoms with Crippen LogP contribution in [-0.4, -0.2) is 20.7 Å². The summed E-state index contributed by atoms with van der Waals surface area (Å²) in [6, 6.07) is 6.31. The summed E-state index contributed by atoms with van der Waals surface area (Å²) in [5.74, 6) is -0.0756. The molecule has 0 saturated heterocycles. The van der Waals surface area contributed by atoms with Crippen LogP contribution in [-0.2, 0) is 37.9 Å². The van der Waals surface area contributed by atoms with E-state index >= 15 is 0 Å². The van der Waals surface area contributed by atoms with Crippen LogP contribution >= 0.6 is 12.4 Å². The minimum absolute atomic E-state index is 0. The number of carbonyl (C=O) groups is 1. The fraction of sp³-hybridized carbons (Fsp3) is 0.350. The number of aryl methyl sites for hydroxylation is 3. The van der Waals surface area contributed by atoms with Crippen molar-refractivity contribution in [2.45, 2.75) is 39.9 Å². The SMILES string of the molecule is Cc1nc2c(c(C)c1CC(=O)NCc1ccc3c(c1)CNC3)c(=O)[nH]n2C.Cl. The summed E-state index contributed by atoms with van der Waals surface area (Å²) in [4.78, 5) is 29.2. The Morgan fingerprint density at radius 2 is 2.00 bits per heavy atom. The molecule has 1 amide bonds. The second-order valence-electron chi connectivity index (χ2n) is 7.16. The maximum Gasteiger partial charge on any atom is 0.273 e. The molecule has 0 atom stereocenters. The number of nitrogens with zero attached hydrogens (tertiary/aromatic N) is 2. The van der Waals surface area contributed by atoms with Gasteiger partial charge in [-0.2, -0.15) is 0 Å². The van der Waals surface area contributed by atoms with Crippen LogP contribution in [0.1, 0.15) is 33.5 Å². The second-order valence-corrected chi connectivity index (χ2v) is 7.16. The molecule has 3 aromatic rings. The first-order valence-electron chi connectivity index (χ1n) is 9.07. The number of hydrogen-bond acceptors (Lipinski definition) is 4. The number of amides is 1. The van der Waals surface area contributed by atoms with E-state index in [1.54, 1.807) is 11.7 Å². The van der Waals surface area contributed by atoms with Gasteiger partial charge in [0.1, 0.15) is 0 Å². The Kier molecular flexibility index (Phi) is 5.58. The van der Waals surface area contributed by atoms with Crippen molar-refractivity contribution in [1.29, 1.82) is 0 Å². The Bertz CT molecular complexity index is 1120. The van der Waals surface area contributed by atoms with Crippen LogP contribution in [0.4, 0.5) is 0 Å². The van der Waals surface area contributed by atoms with Crippen LogP contribution < -0.4 is 16.2 Å². The van der Waals surface area contributed by atoms with Crippen LogP contribution in [0.15, 0.2) is 23.0 Å². The highest BCUT2D eigenvalue weighted by Crippen LogP contribution is 2.20. The lowest BCUT2D eigenvalue weighted by atomic mass is 10.0. The summed E-state index contributed by atoms with van der Waals surface area (Å²) in [7, 11) is 1.76. The molecular formula is C20H24ClN5O2. The normalized spacial score (nSPS) is 12.7. The zero-order valence-corrected chi connectivity index (χ0v) is 17.0. The number of carbonyl (C=O) groups excluding carboxylic acids is 1. The number of benzene rings is 1. The minimum atomic E-state index is -0.175. The number of fused-ring (bicyclic) bond motifs is 2. The molecule has 28 heavy (non-hydrogen) atoms. The molecule has 0 spiro atoms. The van der Waals surface area contributed by atoms with Gasteiger partial charge >= 0.3 is 0 Å². The van der Waals surface area contributed by atoms with Crippen LogP contribution in [0.5, 0.6) is 0 Å². The van der Waals surface area contributed by atoms with Gasteiger partial charge in [0.25, 0.3) is 5.56 Å². The Hall–Kier alpha value is -2.64. The first-order chi connectivity index (χ1) is 12.9. The van der Waals surface area contributed by atoms with Gasteiger partial charge in [0.15, 0.2) is 5.65 Å². The molecule has 2 aromatic heterocycles. The molecule has 1 aliphatic heterocycles. The quantitative estimate of drug-likeness (QED) is 0.621. The van der Waals surface area contributed by atoms with E-state index < -0.39 is 0 Å². The lowest BCUT2D eigenvalue weighted by Crippen LogP contribution is -2.25. The van der Waals surface area contributed by atoms with E-state index in [0.29, 0.717) is 17.6 Å². The Balaban J connectivity index is 0.00000225. The first kappa shape index (κ1) is 20.1. The molecule has 7 nitrogen and oxygen atoms in total. The van der Waals surface area contributed by atoms with Gasteiger partial charge in [-0.25, -0.2) is 4.98 Å². The van der Waals surface area contributed by atoms with E-state index in [0.717, 1.165) is 35.5 Å². The third-order valence-electron chi connectivity index (χ3n) is 5.30. The van der Waals surface area contributed by atoms with E-state index in [2.05, 4.69) is 38.9 Å². The van der Waals surface area contributed by atoms with Gasteiger partial charge in [-0.3, -0.25) is 19.4 Å². The van der Waals surface area contributed by atoms with Crippen molar-refractivity contribution < 1.29 is 4.79 Å². The number of pyridine rings is 1. The number of aromatic amines is 1. The van der Waals surface area contributed by atoms with Crippen molar-refractivity contribution in [3.63, 3.8) is 0 Å². The van der Waals surface area contributed by atoms with Gasteiger partial charge in [-0.15, -0.1) is 12.4 Å². The summed E-state index contributed by atoms with van der Waals surface area (Å²) in [6.07, 6.45) is 0.210. The van der Waals surface area contributed by atoms with E-state index in [1.807, 2.05) is 13.8 Å². The number of aromatic nitrogens is 3. The number of hydrogen-bond donors (Lipinski definition) is 3. The van der Waals surface area contributed by atoms with E-state index in [9.17, 15) is 9.59 Å². The van der Waals surface area contributed by atoms with Crippen LogP contribution in [0.3, 0.4) is 0 Å². The zero-order valence-electron chi connectivity index (χ0n) is 16.2. The number of halogens is 1. The molecule has 8 heteroatoms. The molecule has 1 aromatic carbocycles. The second kappa shape index (κ2) is 7.77. The van der Waals surface area contributed by atoms with Crippen molar-refractivity contribution in [2.24, 2.45) is 7.05 Å². The average molecular weight is 402 g/mol. The standard InChI is InChI=1S/C20H23N5O2.ClH/c1-11-16(12(2)23-19-18(11)20(27)24-25(19)3)7-17(26)22-8-13-4-5-14-9-21-10-15(14)6-13;/h4-6,21H,7-10H2,1-3H3,(H,22,26)(H,24,27);1H. The van der Waals surface area contributed by atoms with Crippen molar-refractivity contribution in [1.82, 2.24) is 25.4 Å². The highest BCUT2D eigenvalue weighted by atomic mass is 35.5. The highest BCUT2D eigenvalue weighted by Gasteiger charge is 2.17. The molecule has 3 N–H and O–H groups in total. The number of rotatable bonds is 4. The molecule has 0 fully saturated rings. The molecule has 3 heterocycles. The van der Waals surface area contributed by atoms with Crippen molar-refractivity contribution >= 4 is 29.3 Å². The Labute approximate surface area is 168 Å². The topological polar surface area (TPSA) is 91.8 Å². The largest absolute Gasteiger partial charge is 0.352 e. The fourth-order valence-corrected chi connectivity index (χ4v) is 3.79. The lowest BCUT2D eigenvalue weighted by Gasteiger charge is -2.11. The molecule has 148 valence electrons. The molecule has 0 radical (unpaired) electrons. The van der Waals surface area contributed by atoms with Crippen molar-refractivity contribution in [3.8, 4) is 0 Å². The third-order valence-corrected chi connectivity index (χ3v) is 5.30. The zero-order chi connectivity index (χ0) is 19.1. The minimum Gasteiger partial charge on any atom is -0.352 e. The maximum atomic E-state index is 12.5. The van der Waals surface area contributed by atoms with E-state index in [-0.39, 0.29) is 30.3 Å². The van der Waals surface area contributed by atoms with E-state index in [1.165, 1.54) is 11.1 Å². The van der Waals surface area contributed by atoms with Gasteiger partial charge < -0.3 is 10.6 Å². The van der Waals surface area contributed by atoms with Crippen LogP contribution in [0.2, 0.25) is 0 Å². The Morgan fingerprint density at radius 3 is 2.79 bits per heavy atom. The smallest absolute Gasteiger partial charge is 0.273 e. The predicted molar refractivity (Wildman–Crippen MR) is 111 cm³/mol. The molecule has 0 aliphatic carbocycles. The average Bonchev–Trinajstić information content (AvgIpc) is 3.20. The molecule has 0 saturated carbocycles. The Morgan fingerprint density at radius 1 is 1.25 bits per heavy atom. The molecule has 1 aliphatic rings. The van der Waals surface area contributed by atoms with Crippen molar-refractivity contribution in [3.05, 3.63) is 62.1 Å². The number of H-pyrrole nitrogens is 1. The highest BCUT2D eigenvalue weighted by molar-refractivity contribution is 5.85. The van der Waals surface area contributed by atoms with Gasteiger partial charge in [0, 0.05) is 32.4 Å². The van der Waals surface area contributed by atoms with Gasteiger partial charge in [0.05, 0.1) is 11.8 Å². The summed E-state index contributed by atoms with van der Waals surface area (Å²) in [6.45, 7) is 6.04. The summed E-state index contributed by atoms with van der Waals surface area (Å²) in [5.41, 5.74) is 6.56. The summed E-state index contributed by atoms with van der Waals surface area (Å²) in [5, 5.41) is 9.58. The van der Waals surface area contributed by atoms with Gasteiger partial charge in [-0.1, -0.05) is 18.2 Å². The molecule has 4 rings (SSSR count). The van der Waals surface area contributed by atoms with Gasteiger partial charge in [0.2, 0.25) is 5.91 Å². The maximum absolute atomic E-state index is 12.5. The summed E-state index contributed by atoms with van der Waals surface area (Å²) < 4.78 is 1.62. The summed E-state index contributed by atoms with van der Waals surface area (Å²) >= 11 is 0. The molecular weight excluding hydrogens is 378 g/mol. The monoisotopic (exact) mass is 401 g/mol. The predicted octanol–water partition coefficient (Wildman–Crippen LogP) is 1.76. The fourth-order valence-electron chi connectivity index (χ4n) is 3.79. The first-order valence-corrected chi connectivity index (χ1v) is 9.07. The third kappa shape index (κ3) is 3.55. The molecule has 0 unspecified atom stereocenters. The molecule has 0 bridgehead atoms. The number of nitrogens with one attached hydrogen (secondary N) is 3.